The number of hydrogen-bond donors (Lipinski definition) is 0. The Labute approximate surface area is 167 Å². The fourth-order valence-electron chi connectivity index (χ4n) is 3.03. The average Bonchev–Trinajstić information content (AvgIpc) is 2.67. The van der Waals surface area contributed by atoms with E-state index in [-0.39, 0.29) is 11.9 Å². The normalized spacial score (nSPS) is 10.7. The summed E-state index contributed by atoms with van der Waals surface area (Å²) >= 11 is 0. The van der Waals surface area contributed by atoms with Gasteiger partial charge in [0.05, 0.1) is 13.2 Å². The number of esters is 2. The molecule has 0 atom stereocenters. The molecule has 0 aromatic heterocycles. The van der Waals surface area contributed by atoms with E-state index >= 15 is 0 Å². The van der Waals surface area contributed by atoms with Gasteiger partial charge in [0, 0.05) is 12.8 Å². The SMILES string of the molecule is CCCCCCCCCCCCCCOC(=O)CCCCC(=O)OCCC. The predicted molar refractivity (Wildman–Crippen MR) is 112 cm³/mol. The van der Waals surface area contributed by atoms with E-state index < -0.39 is 0 Å². The molecule has 0 heterocycles. The molecule has 0 saturated heterocycles. The molecule has 0 aromatic carbocycles. The molecule has 0 fully saturated rings. The van der Waals surface area contributed by atoms with Crippen molar-refractivity contribution in [2.45, 2.75) is 123 Å². The first-order chi connectivity index (χ1) is 13.2. The summed E-state index contributed by atoms with van der Waals surface area (Å²) in [7, 11) is 0. The molecule has 0 bridgehead atoms. The zero-order valence-electron chi connectivity index (χ0n) is 18.1. The number of carbonyl (C=O) groups excluding carboxylic acids is 2. The maximum Gasteiger partial charge on any atom is 0.305 e. The van der Waals surface area contributed by atoms with E-state index in [2.05, 4.69) is 6.92 Å². The fraction of sp³-hybridized carbons (Fsp3) is 0.913. The zero-order valence-corrected chi connectivity index (χ0v) is 18.1. The summed E-state index contributed by atoms with van der Waals surface area (Å²) < 4.78 is 10.2. The van der Waals surface area contributed by atoms with Crippen molar-refractivity contribution in [1.29, 1.82) is 0 Å². The topological polar surface area (TPSA) is 52.6 Å². The minimum Gasteiger partial charge on any atom is -0.466 e. The largest absolute Gasteiger partial charge is 0.466 e. The smallest absolute Gasteiger partial charge is 0.305 e. The third-order valence-corrected chi connectivity index (χ3v) is 4.74. The summed E-state index contributed by atoms with van der Waals surface area (Å²) in [5.74, 6) is -0.304. The van der Waals surface area contributed by atoms with Crippen molar-refractivity contribution in [3.63, 3.8) is 0 Å². The molecular formula is C23H44O4. The monoisotopic (exact) mass is 384 g/mol. The molecule has 0 radical (unpaired) electrons. The first-order valence-corrected chi connectivity index (χ1v) is 11.5. The molecule has 0 aliphatic carbocycles. The van der Waals surface area contributed by atoms with E-state index in [0.29, 0.717) is 38.9 Å². The van der Waals surface area contributed by atoms with Crippen molar-refractivity contribution in [3.8, 4) is 0 Å². The van der Waals surface area contributed by atoms with Gasteiger partial charge >= 0.3 is 11.9 Å². The number of unbranched alkanes of at least 4 members (excludes halogenated alkanes) is 12. The lowest BCUT2D eigenvalue weighted by Gasteiger charge is -2.06. The van der Waals surface area contributed by atoms with Crippen LogP contribution < -0.4 is 0 Å². The maximum atomic E-state index is 11.6. The van der Waals surface area contributed by atoms with E-state index in [1.54, 1.807) is 0 Å². The lowest BCUT2D eigenvalue weighted by Crippen LogP contribution is -2.07. The molecule has 0 rings (SSSR count). The van der Waals surface area contributed by atoms with Crippen LogP contribution in [0, 0.1) is 0 Å². The second kappa shape index (κ2) is 21.2. The van der Waals surface area contributed by atoms with Crippen LogP contribution in [0.3, 0.4) is 0 Å². The van der Waals surface area contributed by atoms with Crippen molar-refractivity contribution >= 4 is 11.9 Å². The number of ether oxygens (including phenoxy) is 2. The molecule has 0 N–H and O–H groups in total. The van der Waals surface area contributed by atoms with Crippen LogP contribution in [-0.2, 0) is 19.1 Å². The van der Waals surface area contributed by atoms with Gasteiger partial charge in [0.25, 0.3) is 0 Å². The molecule has 27 heavy (non-hydrogen) atoms. The van der Waals surface area contributed by atoms with Crippen molar-refractivity contribution in [1.82, 2.24) is 0 Å². The molecule has 0 aliphatic rings. The van der Waals surface area contributed by atoms with Crippen molar-refractivity contribution in [3.05, 3.63) is 0 Å². The minimum atomic E-state index is -0.165. The Kier molecular flexibility index (Phi) is 20.4. The predicted octanol–water partition coefficient (Wildman–Crippen LogP) is 6.74. The highest BCUT2D eigenvalue weighted by atomic mass is 16.5. The minimum absolute atomic E-state index is 0.139. The van der Waals surface area contributed by atoms with Gasteiger partial charge in [-0.05, 0) is 25.7 Å². The average molecular weight is 385 g/mol. The Morgan fingerprint density at radius 1 is 0.481 bits per heavy atom. The second-order valence-corrected chi connectivity index (χ2v) is 7.54. The van der Waals surface area contributed by atoms with Crippen LogP contribution in [0.25, 0.3) is 0 Å². The molecule has 160 valence electrons. The molecule has 0 aromatic rings. The first kappa shape index (κ1) is 25.9. The quantitative estimate of drug-likeness (QED) is 0.172. The zero-order chi connectivity index (χ0) is 20.0. The lowest BCUT2D eigenvalue weighted by molar-refractivity contribution is -0.146. The van der Waals surface area contributed by atoms with Gasteiger partial charge in [0.15, 0.2) is 0 Å². The molecule has 0 aliphatic heterocycles. The highest BCUT2D eigenvalue weighted by molar-refractivity contribution is 5.70. The van der Waals surface area contributed by atoms with Gasteiger partial charge in [-0.3, -0.25) is 9.59 Å². The van der Waals surface area contributed by atoms with E-state index in [1.807, 2.05) is 6.92 Å². The van der Waals surface area contributed by atoms with Crippen LogP contribution in [0.4, 0.5) is 0 Å². The molecule has 0 amide bonds. The second-order valence-electron chi connectivity index (χ2n) is 7.54. The van der Waals surface area contributed by atoms with Crippen LogP contribution in [-0.4, -0.2) is 25.2 Å². The van der Waals surface area contributed by atoms with Crippen molar-refractivity contribution in [2.75, 3.05) is 13.2 Å². The lowest BCUT2D eigenvalue weighted by atomic mass is 10.1. The number of carbonyl (C=O) groups is 2. The van der Waals surface area contributed by atoms with Gasteiger partial charge in [-0.15, -0.1) is 0 Å². The number of hydrogen-bond acceptors (Lipinski definition) is 4. The standard InChI is InChI=1S/C23H44O4/c1-3-5-6-7-8-9-10-11-12-13-14-17-21-27-23(25)19-16-15-18-22(24)26-20-4-2/h3-21H2,1-2H3. The van der Waals surface area contributed by atoms with Gasteiger partial charge in [-0.25, -0.2) is 0 Å². The van der Waals surface area contributed by atoms with Crippen LogP contribution in [0.1, 0.15) is 123 Å². The highest BCUT2D eigenvalue weighted by Crippen LogP contribution is 2.12. The summed E-state index contributed by atoms with van der Waals surface area (Å²) in [6.07, 6.45) is 18.7. The Hall–Kier alpha value is -1.06. The Balaban J connectivity index is 3.22. The van der Waals surface area contributed by atoms with Gasteiger partial charge in [-0.2, -0.15) is 0 Å². The van der Waals surface area contributed by atoms with E-state index in [4.69, 9.17) is 9.47 Å². The highest BCUT2D eigenvalue weighted by Gasteiger charge is 2.05. The molecule has 0 saturated carbocycles. The van der Waals surface area contributed by atoms with Gasteiger partial charge in [0.1, 0.15) is 0 Å². The summed E-state index contributed by atoms with van der Waals surface area (Å²) in [4.78, 5) is 22.9. The molecular weight excluding hydrogens is 340 g/mol. The maximum absolute atomic E-state index is 11.6. The Morgan fingerprint density at radius 2 is 0.889 bits per heavy atom. The van der Waals surface area contributed by atoms with Crippen LogP contribution in [0.5, 0.6) is 0 Å². The summed E-state index contributed by atoms with van der Waals surface area (Å²) in [5.41, 5.74) is 0. The van der Waals surface area contributed by atoms with E-state index in [0.717, 1.165) is 19.3 Å². The van der Waals surface area contributed by atoms with Gasteiger partial charge in [-0.1, -0.05) is 84.5 Å². The molecule has 4 heteroatoms. The Bertz CT molecular complexity index is 341. The first-order valence-electron chi connectivity index (χ1n) is 11.5. The van der Waals surface area contributed by atoms with Crippen LogP contribution in [0.2, 0.25) is 0 Å². The summed E-state index contributed by atoms with van der Waals surface area (Å²) in [6.45, 7) is 5.25. The van der Waals surface area contributed by atoms with E-state index in [9.17, 15) is 9.59 Å². The molecule has 4 nitrogen and oxygen atoms in total. The van der Waals surface area contributed by atoms with Gasteiger partial charge in [0.2, 0.25) is 0 Å². The van der Waals surface area contributed by atoms with Crippen LogP contribution in [0.15, 0.2) is 0 Å². The molecule has 0 unspecified atom stereocenters. The van der Waals surface area contributed by atoms with E-state index in [1.165, 1.54) is 64.2 Å². The number of rotatable bonds is 20. The van der Waals surface area contributed by atoms with Crippen molar-refractivity contribution in [2.24, 2.45) is 0 Å². The third-order valence-electron chi connectivity index (χ3n) is 4.74. The molecule has 0 spiro atoms. The fourth-order valence-corrected chi connectivity index (χ4v) is 3.03. The van der Waals surface area contributed by atoms with Crippen molar-refractivity contribution < 1.29 is 19.1 Å². The summed E-state index contributed by atoms with van der Waals surface area (Å²) in [6, 6.07) is 0. The van der Waals surface area contributed by atoms with Gasteiger partial charge < -0.3 is 9.47 Å². The summed E-state index contributed by atoms with van der Waals surface area (Å²) in [5, 5.41) is 0. The van der Waals surface area contributed by atoms with Crippen LogP contribution >= 0.6 is 0 Å². The Morgan fingerprint density at radius 3 is 1.33 bits per heavy atom. The third kappa shape index (κ3) is 21.1.